The van der Waals surface area contributed by atoms with Gasteiger partial charge >= 0.3 is 0 Å². The first-order valence-electron chi connectivity index (χ1n) is 7.59. The van der Waals surface area contributed by atoms with Gasteiger partial charge in [0.15, 0.2) is 11.6 Å². The number of nitrogens with zero attached hydrogens (tertiary/aromatic N) is 1. The van der Waals surface area contributed by atoms with Crippen molar-refractivity contribution in [1.82, 2.24) is 4.98 Å². The summed E-state index contributed by atoms with van der Waals surface area (Å²) in [6.45, 7) is 1.75. The van der Waals surface area contributed by atoms with Crippen LogP contribution >= 0.6 is 0 Å². The normalized spacial score (nSPS) is 10.3. The summed E-state index contributed by atoms with van der Waals surface area (Å²) in [4.78, 5) is 16.3. The van der Waals surface area contributed by atoms with Crippen molar-refractivity contribution in [3.05, 3.63) is 77.7 Å². The van der Waals surface area contributed by atoms with Crippen molar-refractivity contribution in [3.63, 3.8) is 0 Å². The molecule has 1 amide bonds. The zero-order valence-corrected chi connectivity index (χ0v) is 13.5. The molecule has 0 unspecified atom stereocenters. The smallest absolute Gasteiger partial charge is 0.259 e. The molecule has 3 rings (SSSR count). The first-order chi connectivity index (χ1) is 12.0. The van der Waals surface area contributed by atoms with Gasteiger partial charge in [0.05, 0.1) is 5.56 Å². The summed E-state index contributed by atoms with van der Waals surface area (Å²) in [5.41, 5.74) is 7.01. The van der Waals surface area contributed by atoms with E-state index < -0.39 is 11.7 Å². The van der Waals surface area contributed by atoms with Gasteiger partial charge in [-0.3, -0.25) is 4.79 Å². The van der Waals surface area contributed by atoms with Crippen LogP contribution < -0.4 is 15.8 Å². The monoisotopic (exact) mass is 337 g/mol. The number of carbonyl (C=O) groups excluding carboxylic acids is 1. The number of halogens is 1. The van der Waals surface area contributed by atoms with Crippen LogP contribution in [0.3, 0.4) is 0 Å². The second kappa shape index (κ2) is 7.00. The van der Waals surface area contributed by atoms with Gasteiger partial charge in [0, 0.05) is 18.0 Å². The van der Waals surface area contributed by atoms with Gasteiger partial charge in [0.1, 0.15) is 11.6 Å². The Labute approximate surface area is 144 Å². The lowest BCUT2D eigenvalue weighted by atomic mass is 10.1. The fourth-order valence-corrected chi connectivity index (χ4v) is 2.35. The number of ether oxygens (including phenoxy) is 1. The Hall–Kier alpha value is -3.41. The van der Waals surface area contributed by atoms with E-state index in [-0.39, 0.29) is 17.1 Å². The molecule has 0 radical (unpaired) electrons. The van der Waals surface area contributed by atoms with Gasteiger partial charge in [-0.25, -0.2) is 9.37 Å². The highest BCUT2D eigenvalue weighted by Gasteiger charge is 2.15. The second-order valence-electron chi connectivity index (χ2n) is 5.40. The summed E-state index contributed by atoms with van der Waals surface area (Å²) in [6, 6.07) is 14.8. The second-order valence-corrected chi connectivity index (χ2v) is 5.40. The molecule has 5 nitrogen and oxygen atoms in total. The molecule has 0 atom stereocenters. The molecule has 0 saturated carbocycles. The summed E-state index contributed by atoms with van der Waals surface area (Å²) < 4.78 is 19.7. The zero-order valence-electron chi connectivity index (χ0n) is 13.5. The van der Waals surface area contributed by atoms with Gasteiger partial charge < -0.3 is 15.8 Å². The summed E-state index contributed by atoms with van der Waals surface area (Å²) in [7, 11) is 0. The van der Waals surface area contributed by atoms with E-state index in [9.17, 15) is 9.18 Å². The number of nitrogen functional groups attached to an aromatic ring is 1. The minimum absolute atomic E-state index is 0.0706. The lowest BCUT2D eigenvalue weighted by Gasteiger charge is -2.11. The predicted molar refractivity (Wildman–Crippen MR) is 94.3 cm³/mol. The number of aromatic nitrogens is 1. The first kappa shape index (κ1) is 16.4. The van der Waals surface area contributed by atoms with Crippen LogP contribution in [0.1, 0.15) is 15.9 Å². The van der Waals surface area contributed by atoms with Crippen LogP contribution in [0.2, 0.25) is 0 Å². The number of hydrogen-bond donors (Lipinski definition) is 2. The van der Waals surface area contributed by atoms with E-state index in [1.54, 1.807) is 43.3 Å². The van der Waals surface area contributed by atoms with Crippen LogP contribution in [0.5, 0.6) is 11.5 Å². The van der Waals surface area contributed by atoms with Crippen LogP contribution in [0.4, 0.5) is 15.9 Å². The van der Waals surface area contributed by atoms with Gasteiger partial charge in [0.2, 0.25) is 0 Å². The van der Waals surface area contributed by atoms with Crippen LogP contribution in [-0.4, -0.2) is 10.9 Å². The number of pyridine rings is 1. The Balaban J connectivity index is 1.78. The van der Waals surface area contributed by atoms with E-state index in [0.717, 1.165) is 0 Å². The number of nitrogens with one attached hydrogen (secondary N) is 1. The molecule has 0 aliphatic rings. The number of amides is 1. The van der Waals surface area contributed by atoms with E-state index in [4.69, 9.17) is 10.5 Å². The lowest BCUT2D eigenvalue weighted by molar-refractivity contribution is 0.102. The van der Waals surface area contributed by atoms with Crippen LogP contribution in [0, 0.1) is 12.7 Å². The molecule has 126 valence electrons. The van der Waals surface area contributed by atoms with Crippen molar-refractivity contribution < 1.29 is 13.9 Å². The molecular weight excluding hydrogens is 321 g/mol. The average molecular weight is 337 g/mol. The number of hydrogen-bond acceptors (Lipinski definition) is 4. The molecule has 3 N–H and O–H groups in total. The van der Waals surface area contributed by atoms with Gasteiger partial charge in [-0.05, 0) is 42.8 Å². The fraction of sp³-hybridized carbons (Fsp3) is 0.0526. The highest BCUT2D eigenvalue weighted by molar-refractivity contribution is 6.08. The van der Waals surface area contributed by atoms with Crippen molar-refractivity contribution in [2.75, 3.05) is 11.1 Å². The first-order valence-corrected chi connectivity index (χ1v) is 7.59. The molecule has 0 aliphatic carbocycles. The molecule has 0 saturated heterocycles. The largest absolute Gasteiger partial charge is 0.454 e. The molecule has 3 aromatic rings. The van der Waals surface area contributed by atoms with E-state index in [1.807, 2.05) is 6.07 Å². The third-order valence-corrected chi connectivity index (χ3v) is 3.58. The molecule has 1 heterocycles. The van der Waals surface area contributed by atoms with E-state index in [2.05, 4.69) is 10.3 Å². The van der Waals surface area contributed by atoms with Gasteiger partial charge in [0.25, 0.3) is 5.91 Å². The van der Waals surface area contributed by atoms with Crippen molar-refractivity contribution >= 4 is 17.4 Å². The minimum atomic E-state index is -0.586. The number of para-hydroxylation sites is 1. The summed E-state index contributed by atoms with van der Waals surface area (Å²) in [5, 5.41) is 2.62. The van der Waals surface area contributed by atoms with E-state index in [1.165, 1.54) is 18.3 Å². The number of carbonyl (C=O) groups is 1. The quantitative estimate of drug-likeness (QED) is 0.749. The Morgan fingerprint density at radius 2 is 1.92 bits per heavy atom. The average Bonchev–Trinajstić information content (AvgIpc) is 2.58. The molecular formula is C19H16FN3O2. The number of anilines is 2. The standard InChI is InChI=1S/C19H16FN3O2/c1-12-9-10-22-18(21)17(12)19(24)23-13-7-8-16(15(20)11-13)25-14-5-3-2-4-6-14/h2-11H,1H3,(H2,21,22)(H,23,24). The molecule has 2 aromatic carbocycles. The van der Waals surface area contributed by atoms with Crippen LogP contribution in [0.15, 0.2) is 60.8 Å². The maximum Gasteiger partial charge on any atom is 0.259 e. The fourth-order valence-electron chi connectivity index (χ4n) is 2.35. The van der Waals surface area contributed by atoms with Crippen molar-refractivity contribution in [1.29, 1.82) is 0 Å². The summed E-state index contributed by atoms with van der Waals surface area (Å²) >= 11 is 0. The molecule has 0 bridgehead atoms. The van der Waals surface area contributed by atoms with Crippen LogP contribution in [-0.2, 0) is 0 Å². The SMILES string of the molecule is Cc1ccnc(N)c1C(=O)Nc1ccc(Oc2ccccc2)c(F)c1. The third kappa shape index (κ3) is 3.74. The van der Waals surface area contributed by atoms with Crippen molar-refractivity contribution in [2.45, 2.75) is 6.92 Å². The number of nitrogens with two attached hydrogens (primary N) is 1. The van der Waals surface area contributed by atoms with Crippen molar-refractivity contribution in [2.24, 2.45) is 0 Å². The van der Waals surface area contributed by atoms with E-state index in [0.29, 0.717) is 17.0 Å². The molecule has 1 aromatic heterocycles. The zero-order chi connectivity index (χ0) is 17.8. The Morgan fingerprint density at radius 3 is 2.60 bits per heavy atom. The Bertz CT molecular complexity index is 894. The van der Waals surface area contributed by atoms with E-state index >= 15 is 0 Å². The van der Waals surface area contributed by atoms with Gasteiger partial charge in [-0.1, -0.05) is 18.2 Å². The molecule has 0 spiro atoms. The topological polar surface area (TPSA) is 77.2 Å². The summed E-state index contributed by atoms with van der Waals surface area (Å²) in [5.74, 6) is -0.308. The number of aryl methyl sites for hydroxylation is 1. The maximum atomic E-state index is 14.2. The predicted octanol–water partition coefficient (Wildman–Crippen LogP) is 4.16. The highest BCUT2D eigenvalue weighted by atomic mass is 19.1. The molecule has 25 heavy (non-hydrogen) atoms. The van der Waals surface area contributed by atoms with Crippen molar-refractivity contribution in [3.8, 4) is 11.5 Å². The summed E-state index contributed by atoms with van der Waals surface area (Å²) in [6.07, 6.45) is 1.52. The molecule has 6 heteroatoms. The van der Waals surface area contributed by atoms with Gasteiger partial charge in [-0.2, -0.15) is 0 Å². The highest BCUT2D eigenvalue weighted by Crippen LogP contribution is 2.27. The van der Waals surface area contributed by atoms with Crippen LogP contribution in [0.25, 0.3) is 0 Å². The Morgan fingerprint density at radius 1 is 1.16 bits per heavy atom. The number of benzene rings is 2. The molecule has 0 fully saturated rings. The van der Waals surface area contributed by atoms with Gasteiger partial charge in [-0.15, -0.1) is 0 Å². The minimum Gasteiger partial charge on any atom is -0.454 e. The Kier molecular flexibility index (Phi) is 4.61. The molecule has 0 aliphatic heterocycles. The maximum absolute atomic E-state index is 14.2. The number of rotatable bonds is 4. The third-order valence-electron chi connectivity index (χ3n) is 3.58. The lowest BCUT2D eigenvalue weighted by Crippen LogP contribution is -2.16.